The molecule has 0 bridgehead atoms. The molecule has 0 saturated heterocycles. The summed E-state index contributed by atoms with van der Waals surface area (Å²) in [7, 11) is 0. The molecule has 0 aromatic heterocycles. The van der Waals surface area contributed by atoms with E-state index in [9.17, 15) is 4.79 Å². The van der Waals surface area contributed by atoms with Gasteiger partial charge in [-0.05, 0) is 48.4 Å². The summed E-state index contributed by atoms with van der Waals surface area (Å²) in [5.41, 5.74) is 3.45. The molecule has 2 rings (SSSR count). The van der Waals surface area contributed by atoms with E-state index < -0.39 is 0 Å². The number of nitrogens with one attached hydrogen (secondary N) is 1. The van der Waals surface area contributed by atoms with Gasteiger partial charge in [0.2, 0.25) is 5.91 Å². The molecule has 2 aromatic carbocycles. The van der Waals surface area contributed by atoms with Crippen molar-refractivity contribution in [3.63, 3.8) is 0 Å². The maximum atomic E-state index is 11.7. The Bertz CT molecular complexity index is 642. The van der Waals surface area contributed by atoms with Gasteiger partial charge >= 0.3 is 0 Å². The van der Waals surface area contributed by atoms with Crippen LogP contribution in [0.2, 0.25) is 0 Å². The molecule has 0 radical (unpaired) electrons. The van der Waals surface area contributed by atoms with Gasteiger partial charge in [0.25, 0.3) is 0 Å². The number of carbonyl (C=O) groups excluding carboxylic acids is 1. The van der Waals surface area contributed by atoms with E-state index in [4.69, 9.17) is 4.74 Å². The zero-order valence-electron chi connectivity index (χ0n) is 13.8. The number of nitrogens with zero attached hydrogens (tertiary/aromatic N) is 1. The molecule has 126 valence electrons. The van der Waals surface area contributed by atoms with E-state index in [1.165, 1.54) is 11.8 Å². The fourth-order valence-corrected chi connectivity index (χ4v) is 2.57. The second-order valence-corrected chi connectivity index (χ2v) is 6.21. The zero-order valence-corrected chi connectivity index (χ0v) is 14.6. The van der Waals surface area contributed by atoms with Crippen LogP contribution in [0.1, 0.15) is 25.3 Å². The minimum Gasteiger partial charge on any atom is -0.494 e. The van der Waals surface area contributed by atoms with Gasteiger partial charge in [-0.3, -0.25) is 4.79 Å². The Kier molecular flexibility index (Phi) is 7.90. The quantitative estimate of drug-likeness (QED) is 0.323. The van der Waals surface area contributed by atoms with Crippen molar-refractivity contribution < 1.29 is 9.53 Å². The van der Waals surface area contributed by atoms with E-state index in [0.717, 1.165) is 35.7 Å². The van der Waals surface area contributed by atoms with Crippen LogP contribution in [-0.2, 0) is 4.79 Å². The molecular weight excluding hydrogens is 320 g/mol. The highest BCUT2D eigenvalue weighted by Gasteiger charge is 2.00. The highest BCUT2D eigenvalue weighted by Crippen LogP contribution is 2.16. The summed E-state index contributed by atoms with van der Waals surface area (Å²) in [5, 5.41) is 3.98. The molecule has 5 heteroatoms. The Morgan fingerprint density at radius 3 is 2.62 bits per heavy atom. The number of hydrogen-bond donors (Lipinski definition) is 1. The number of benzene rings is 2. The monoisotopic (exact) mass is 342 g/mol. The van der Waals surface area contributed by atoms with Gasteiger partial charge in [0.15, 0.2) is 0 Å². The Labute approximate surface area is 147 Å². The summed E-state index contributed by atoms with van der Waals surface area (Å²) in [6.07, 6.45) is 3.80. The first-order chi connectivity index (χ1) is 11.8. The van der Waals surface area contributed by atoms with E-state index in [1.54, 1.807) is 6.21 Å². The van der Waals surface area contributed by atoms with Crippen molar-refractivity contribution >= 4 is 23.9 Å². The van der Waals surface area contributed by atoms with E-state index in [0.29, 0.717) is 5.75 Å². The first-order valence-electron chi connectivity index (χ1n) is 8.00. The van der Waals surface area contributed by atoms with Crippen molar-refractivity contribution in [2.45, 2.75) is 24.7 Å². The fraction of sp³-hybridized carbons (Fsp3) is 0.263. The molecule has 0 aliphatic heterocycles. The third-order valence-corrected chi connectivity index (χ3v) is 4.17. The lowest BCUT2D eigenvalue weighted by Gasteiger charge is -2.05. The number of amides is 1. The van der Waals surface area contributed by atoms with Crippen LogP contribution in [0.3, 0.4) is 0 Å². The third kappa shape index (κ3) is 6.87. The van der Waals surface area contributed by atoms with Crippen molar-refractivity contribution in [1.82, 2.24) is 5.43 Å². The van der Waals surface area contributed by atoms with Crippen LogP contribution >= 0.6 is 11.8 Å². The predicted molar refractivity (Wildman–Crippen MR) is 99.7 cm³/mol. The maximum absolute atomic E-state index is 11.7. The minimum atomic E-state index is -0.125. The summed E-state index contributed by atoms with van der Waals surface area (Å²) in [6.45, 7) is 2.87. The van der Waals surface area contributed by atoms with Gasteiger partial charge < -0.3 is 4.74 Å². The number of ether oxygens (including phenoxy) is 1. The molecule has 0 aliphatic carbocycles. The average molecular weight is 342 g/mol. The van der Waals surface area contributed by atoms with Gasteiger partial charge in [-0.15, -0.1) is 11.8 Å². The summed E-state index contributed by atoms with van der Waals surface area (Å²) < 4.78 is 5.60. The summed E-state index contributed by atoms with van der Waals surface area (Å²) in [5.74, 6) is 1.06. The lowest BCUT2D eigenvalue weighted by atomic mass is 10.2. The van der Waals surface area contributed by atoms with Gasteiger partial charge in [0, 0.05) is 4.90 Å². The van der Waals surface area contributed by atoms with E-state index >= 15 is 0 Å². The van der Waals surface area contributed by atoms with Crippen molar-refractivity contribution in [3.05, 3.63) is 60.2 Å². The normalized spacial score (nSPS) is 10.7. The van der Waals surface area contributed by atoms with Crippen molar-refractivity contribution in [1.29, 1.82) is 0 Å². The Morgan fingerprint density at radius 1 is 1.17 bits per heavy atom. The molecule has 1 amide bonds. The Morgan fingerprint density at radius 2 is 1.92 bits per heavy atom. The number of carbonyl (C=O) groups is 1. The standard InChI is InChI=1S/C19H22N2O2S/c1-2-3-13-23-17-11-9-16(10-12-17)14-20-21-19(22)15-24-18-7-5-4-6-8-18/h4-12,14H,2-3,13,15H2,1H3,(H,21,22)/b20-14+. The summed E-state index contributed by atoms with van der Waals surface area (Å²) >= 11 is 1.48. The van der Waals surface area contributed by atoms with Gasteiger partial charge in [-0.25, -0.2) is 5.43 Å². The van der Waals surface area contributed by atoms with Crippen molar-refractivity contribution in [2.24, 2.45) is 5.10 Å². The van der Waals surface area contributed by atoms with Crippen LogP contribution in [-0.4, -0.2) is 24.5 Å². The number of hydrogen-bond acceptors (Lipinski definition) is 4. The Hall–Kier alpha value is -2.27. The van der Waals surface area contributed by atoms with Gasteiger partial charge in [-0.1, -0.05) is 31.5 Å². The van der Waals surface area contributed by atoms with Crippen LogP contribution < -0.4 is 10.2 Å². The highest BCUT2D eigenvalue weighted by molar-refractivity contribution is 8.00. The molecule has 0 spiro atoms. The largest absolute Gasteiger partial charge is 0.494 e. The van der Waals surface area contributed by atoms with Gasteiger partial charge in [-0.2, -0.15) is 5.10 Å². The molecule has 0 saturated carbocycles. The van der Waals surface area contributed by atoms with E-state index in [-0.39, 0.29) is 5.91 Å². The lowest BCUT2D eigenvalue weighted by molar-refractivity contribution is -0.118. The average Bonchev–Trinajstić information content (AvgIpc) is 2.62. The fourth-order valence-electron chi connectivity index (χ4n) is 1.86. The zero-order chi connectivity index (χ0) is 17.0. The second kappa shape index (κ2) is 10.5. The summed E-state index contributed by atoms with van der Waals surface area (Å²) in [6, 6.07) is 17.5. The molecule has 0 fully saturated rings. The topological polar surface area (TPSA) is 50.7 Å². The molecule has 1 N–H and O–H groups in total. The SMILES string of the molecule is CCCCOc1ccc(/C=N/NC(=O)CSc2ccccc2)cc1. The number of hydrazone groups is 1. The smallest absolute Gasteiger partial charge is 0.250 e. The number of unbranched alkanes of at least 4 members (excludes halogenated alkanes) is 1. The molecule has 2 aromatic rings. The van der Waals surface area contributed by atoms with E-state index in [1.807, 2.05) is 54.6 Å². The lowest BCUT2D eigenvalue weighted by Crippen LogP contribution is -2.19. The van der Waals surface area contributed by atoms with Crippen LogP contribution in [0.4, 0.5) is 0 Å². The van der Waals surface area contributed by atoms with E-state index in [2.05, 4.69) is 17.5 Å². The highest BCUT2D eigenvalue weighted by atomic mass is 32.2. The van der Waals surface area contributed by atoms with Crippen molar-refractivity contribution in [3.8, 4) is 5.75 Å². The van der Waals surface area contributed by atoms with Crippen LogP contribution in [0.25, 0.3) is 0 Å². The molecule has 0 aliphatic rings. The van der Waals surface area contributed by atoms with Crippen molar-refractivity contribution in [2.75, 3.05) is 12.4 Å². The predicted octanol–water partition coefficient (Wildman–Crippen LogP) is 4.11. The second-order valence-electron chi connectivity index (χ2n) is 5.17. The van der Waals surface area contributed by atoms with Crippen LogP contribution in [0.15, 0.2) is 64.6 Å². The first kappa shape index (κ1) is 18.1. The van der Waals surface area contributed by atoms with Crippen LogP contribution in [0, 0.1) is 0 Å². The van der Waals surface area contributed by atoms with Crippen LogP contribution in [0.5, 0.6) is 5.75 Å². The first-order valence-corrected chi connectivity index (χ1v) is 8.99. The van der Waals surface area contributed by atoms with Gasteiger partial charge in [0.05, 0.1) is 18.6 Å². The molecule has 0 unspecified atom stereocenters. The number of thioether (sulfide) groups is 1. The molecule has 0 heterocycles. The maximum Gasteiger partial charge on any atom is 0.250 e. The summed E-state index contributed by atoms with van der Waals surface area (Å²) in [4.78, 5) is 12.8. The molecule has 4 nitrogen and oxygen atoms in total. The molecule has 0 atom stereocenters. The minimum absolute atomic E-state index is 0.125. The van der Waals surface area contributed by atoms with Gasteiger partial charge in [0.1, 0.15) is 5.75 Å². The molecular formula is C19H22N2O2S. The third-order valence-electron chi connectivity index (χ3n) is 3.16. The number of rotatable bonds is 9. The Balaban J connectivity index is 1.71. The molecule has 24 heavy (non-hydrogen) atoms.